The lowest BCUT2D eigenvalue weighted by atomic mass is 9.76. The van der Waals surface area contributed by atoms with Gasteiger partial charge < -0.3 is 10.7 Å². The normalized spacial score (nSPS) is 34.8. The van der Waals surface area contributed by atoms with Crippen molar-refractivity contribution in [3.8, 4) is 0 Å². The molecule has 1 aliphatic rings. The third kappa shape index (κ3) is 1.61. The molecule has 1 saturated carbocycles. The molecule has 3 nitrogen and oxygen atoms in total. The van der Waals surface area contributed by atoms with Crippen LogP contribution in [0.5, 0.6) is 0 Å². The minimum Gasteiger partial charge on any atom is -0.347 e. The Bertz CT molecular complexity index is 268. The van der Waals surface area contributed by atoms with Crippen molar-refractivity contribution >= 4 is 0 Å². The van der Waals surface area contributed by atoms with Gasteiger partial charge in [0.2, 0.25) is 0 Å². The summed E-state index contributed by atoms with van der Waals surface area (Å²) >= 11 is 0. The topological polar surface area (TPSA) is 54.7 Å². The highest BCUT2D eigenvalue weighted by Gasteiger charge is 2.34. The van der Waals surface area contributed by atoms with E-state index in [2.05, 4.69) is 16.9 Å². The second-order valence-electron chi connectivity index (χ2n) is 4.30. The SMILES string of the molecule is CC1CCCC(N)(c2ncc[nH]2)C1. The summed E-state index contributed by atoms with van der Waals surface area (Å²) in [4.78, 5) is 7.40. The summed E-state index contributed by atoms with van der Waals surface area (Å²) in [5.74, 6) is 1.68. The molecule has 1 heterocycles. The molecule has 2 rings (SSSR count). The molecule has 1 aromatic heterocycles. The average molecular weight is 179 g/mol. The number of hydrogen-bond acceptors (Lipinski definition) is 2. The fraction of sp³-hybridized carbons (Fsp3) is 0.700. The first kappa shape index (κ1) is 8.75. The van der Waals surface area contributed by atoms with E-state index in [1.807, 2.05) is 6.20 Å². The van der Waals surface area contributed by atoms with E-state index < -0.39 is 0 Å². The quantitative estimate of drug-likeness (QED) is 0.690. The number of imidazole rings is 1. The minimum absolute atomic E-state index is 0.193. The number of rotatable bonds is 1. The van der Waals surface area contributed by atoms with Crippen LogP contribution < -0.4 is 5.73 Å². The summed E-state index contributed by atoms with van der Waals surface area (Å²) in [6.45, 7) is 2.27. The molecule has 2 atom stereocenters. The number of H-pyrrole nitrogens is 1. The van der Waals surface area contributed by atoms with E-state index in [0.29, 0.717) is 0 Å². The zero-order chi connectivity index (χ0) is 9.31. The highest BCUT2D eigenvalue weighted by Crippen LogP contribution is 2.35. The van der Waals surface area contributed by atoms with Crippen LogP contribution in [-0.2, 0) is 5.54 Å². The molecular formula is C10H17N3. The summed E-state index contributed by atoms with van der Waals surface area (Å²) in [7, 11) is 0. The van der Waals surface area contributed by atoms with Crippen LogP contribution in [0.25, 0.3) is 0 Å². The van der Waals surface area contributed by atoms with Crippen LogP contribution in [0.1, 0.15) is 38.4 Å². The van der Waals surface area contributed by atoms with E-state index in [1.54, 1.807) is 6.20 Å². The summed E-state index contributed by atoms with van der Waals surface area (Å²) in [6.07, 6.45) is 8.27. The van der Waals surface area contributed by atoms with Gasteiger partial charge in [0.05, 0.1) is 5.54 Å². The van der Waals surface area contributed by atoms with Crippen LogP contribution in [0.3, 0.4) is 0 Å². The van der Waals surface area contributed by atoms with Gasteiger partial charge in [-0.15, -0.1) is 0 Å². The van der Waals surface area contributed by atoms with E-state index >= 15 is 0 Å². The van der Waals surface area contributed by atoms with Crippen molar-refractivity contribution in [3.63, 3.8) is 0 Å². The largest absolute Gasteiger partial charge is 0.347 e. The Morgan fingerprint density at radius 3 is 3.15 bits per heavy atom. The third-order valence-corrected chi connectivity index (χ3v) is 3.00. The predicted octanol–water partition coefficient (Wildman–Crippen LogP) is 1.77. The first-order valence-electron chi connectivity index (χ1n) is 4.99. The Morgan fingerprint density at radius 1 is 1.69 bits per heavy atom. The number of hydrogen-bond donors (Lipinski definition) is 2. The molecule has 72 valence electrons. The van der Waals surface area contributed by atoms with E-state index in [4.69, 9.17) is 5.73 Å². The number of aromatic nitrogens is 2. The molecule has 0 spiro atoms. The summed E-state index contributed by atoms with van der Waals surface area (Å²) in [6, 6.07) is 0. The van der Waals surface area contributed by atoms with Gasteiger partial charge in [0, 0.05) is 12.4 Å². The van der Waals surface area contributed by atoms with E-state index in [9.17, 15) is 0 Å². The van der Waals surface area contributed by atoms with Crippen LogP contribution in [0.4, 0.5) is 0 Å². The standard InChI is InChI=1S/C10H17N3/c1-8-3-2-4-10(11,7-8)9-12-5-6-13-9/h5-6,8H,2-4,7,11H2,1H3,(H,12,13). The first-order valence-corrected chi connectivity index (χ1v) is 4.99. The van der Waals surface area contributed by atoms with Gasteiger partial charge in [0.15, 0.2) is 0 Å². The first-order chi connectivity index (χ1) is 6.21. The van der Waals surface area contributed by atoms with Crippen molar-refractivity contribution in [2.24, 2.45) is 11.7 Å². The van der Waals surface area contributed by atoms with Crippen LogP contribution in [0.2, 0.25) is 0 Å². The van der Waals surface area contributed by atoms with E-state index in [0.717, 1.165) is 24.6 Å². The van der Waals surface area contributed by atoms with E-state index in [1.165, 1.54) is 12.8 Å². The lowest BCUT2D eigenvalue weighted by Crippen LogP contribution is -2.41. The Hall–Kier alpha value is -0.830. The predicted molar refractivity (Wildman–Crippen MR) is 52.1 cm³/mol. The molecule has 0 aliphatic heterocycles. The van der Waals surface area contributed by atoms with Gasteiger partial charge in [-0.05, 0) is 18.8 Å². The molecule has 0 aromatic carbocycles. The van der Waals surface area contributed by atoms with Gasteiger partial charge in [-0.25, -0.2) is 4.98 Å². The Kier molecular flexibility index (Phi) is 2.12. The summed E-state index contributed by atoms with van der Waals surface area (Å²) in [5.41, 5.74) is 6.13. The lowest BCUT2D eigenvalue weighted by molar-refractivity contribution is 0.229. The van der Waals surface area contributed by atoms with Gasteiger partial charge >= 0.3 is 0 Å². The van der Waals surface area contributed by atoms with Gasteiger partial charge in [-0.1, -0.05) is 19.8 Å². The van der Waals surface area contributed by atoms with Crippen LogP contribution in [0, 0.1) is 5.92 Å². The smallest absolute Gasteiger partial charge is 0.126 e. The van der Waals surface area contributed by atoms with Crippen molar-refractivity contribution in [1.82, 2.24) is 9.97 Å². The zero-order valence-electron chi connectivity index (χ0n) is 8.09. The Labute approximate surface area is 78.7 Å². The van der Waals surface area contributed by atoms with Gasteiger partial charge in [-0.3, -0.25) is 0 Å². The molecular weight excluding hydrogens is 162 g/mol. The van der Waals surface area contributed by atoms with Crippen molar-refractivity contribution in [3.05, 3.63) is 18.2 Å². The molecule has 13 heavy (non-hydrogen) atoms. The molecule has 1 fully saturated rings. The molecule has 1 aromatic rings. The number of aromatic amines is 1. The van der Waals surface area contributed by atoms with Crippen molar-refractivity contribution in [2.45, 2.75) is 38.1 Å². The molecule has 0 amide bonds. The molecule has 1 aliphatic carbocycles. The maximum atomic E-state index is 6.32. The molecule has 0 radical (unpaired) electrons. The second kappa shape index (κ2) is 3.14. The highest BCUT2D eigenvalue weighted by atomic mass is 15.0. The Morgan fingerprint density at radius 2 is 2.54 bits per heavy atom. The fourth-order valence-electron chi connectivity index (χ4n) is 2.34. The maximum absolute atomic E-state index is 6.32. The second-order valence-corrected chi connectivity index (χ2v) is 4.30. The van der Waals surface area contributed by atoms with Gasteiger partial charge in [0.1, 0.15) is 5.82 Å². The van der Waals surface area contributed by atoms with Crippen LogP contribution in [-0.4, -0.2) is 9.97 Å². The Balaban J connectivity index is 2.20. The maximum Gasteiger partial charge on any atom is 0.126 e. The molecule has 2 unspecified atom stereocenters. The van der Waals surface area contributed by atoms with Gasteiger partial charge in [0.25, 0.3) is 0 Å². The lowest BCUT2D eigenvalue weighted by Gasteiger charge is -2.35. The van der Waals surface area contributed by atoms with Crippen LogP contribution in [0.15, 0.2) is 12.4 Å². The number of nitrogens with one attached hydrogen (secondary N) is 1. The van der Waals surface area contributed by atoms with Crippen LogP contribution >= 0.6 is 0 Å². The molecule has 0 bridgehead atoms. The molecule has 3 heteroatoms. The molecule has 0 saturated heterocycles. The summed E-state index contributed by atoms with van der Waals surface area (Å²) in [5, 5.41) is 0. The minimum atomic E-state index is -0.193. The fourth-order valence-corrected chi connectivity index (χ4v) is 2.34. The zero-order valence-corrected chi connectivity index (χ0v) is 8.09. The monoisotopic (exact) mass is 179 g/mol. The average Bonchev–Trinajstić information content (AvgIpc) is 2.55. The number of nitrogens with two attached hydrogens (primary N) is 1. The van der Waals surface area contributed by atoms with Gasteiger partial charge in [-0.2, -0.15) is 0 Å². The highest BCUT2D eigenvalue weighted by molar-refractivity contribution is 5.07. The van der Waals surface area contributed by atoms with E-state index in [-0.39, 0.29) is 5.54 Å². The number of nitrogens with zero attached hydrogens (tertiary/aromatic N) is 1. The van der Waals surface area contributed by atoms with Crippen molar-refractivity contribution in [1.29, 1.82) is 0 Å². The summed E-state index contributed by atoms with van der Waals surface area (Å²) < 4.78 is 0. The third-order valence-electron chi connectivity index (χ3n) is 3.00. The van der Waals surface area contributed by atoms with Crippen molar-refractivity contribution in [2.75, 3.05) is 0 Å². The van der Waals surface area contributed by atoms with Crippen molar-refractivity contribution < 1.29 is 0 Å². The molecule has 3 N–H and O–H groups in total.